The van der Waals surface area contributed by atoms with Crippen LogP contribution < -0.4 is 4.90 Å². The smallest absolute Gasteiger partial charge is 0.227 e. The van der Waals surface area contributed by atoms with Crippen LogP contribution in [0.1, 0.15) is 25.0 Å². The molecule has 0 saturated heterocycles. The average Bonchev–Trinajstić information content (AvgIpc) is 3.88. The molecule has 0 N–H and O–H groups in total. The van der Waals surface area contributed by atoms with E-state index < -0.39 is 0 Å². The van der Waals surface area contributed by atoms with Crippen LogP contribution in [-0.4, -0.2) is 4.98 Å². The summed E-state index contributed by atoms with van der Waals surface area (Å²) in [4.78, 5) is 7.30. The lowest BCUT2D eigenvalue weighted by Crippen LogP contribution is -2.14. The Morgan fingerprint density at radius 3 is 1.78 bits per heavy atom. The van der Waals surface area contributed by atoms with Crippen LogP contribution in [0.25, 0.3) is 78.2 Å². The van der Waals surface area contributed by atoms with E-state index in [1.807, 2.05) is 30.3 Å². The molecular formula is C52H36N2O. The standard InChI is InChI=1S/C52H36N2O/c1-52(2)46-19-10-9-16-41(46)42-29-24-36(32-47(42)52)33-20-25-38(26-21-33)54(37-14-7-4-8-15-37)39-27-22-34(23-28-39)40-30-31-44-48-43(40)17-11-18-45(48)50-49(44)53-51(55-50)35-12-5-3-6-13-35/h3-32H,1-2H3. The van der Waals surface area contributed by atoms with Gasteiger partial charge in [-0.05, 0) is 104 Å². The zero-order valence-corrected chi connectivity index (χ0v) is 30.6. The summed E-state index contributed by atoms with van der Waals surface area (Å²) in [7, 11) is 0. The van der Waals surface area contributed by atoms with Crippen molar-refractivity contribution in [1.29, 1.82) is 0 Å². The number of aromatic nitrogens is 1. The second kappa shape index (κ2) is 12.0. The van der Waals surface area contributed by atoms with Crippen LogP contribution >= 0.6 is 0 Å². The summed E-state index contributed by atoms with van der Waals surface area (Å²) < 4.78 is 6.41. The molecule has 8 aromatic carbocycles. The molecule has 3 nitrogen and oxygen atoms in total. The summed E-state index contributed by atoms with van der Waals surface area (Å²) in [5, 5.41) is 2.40. The average molecular weight is 705 g/mol. The molecule has 0 aliphatic heterocycles. The molecule has 55 heavy (non-hydrogen) atoms. The summed E-state index contributed by atoms with van der Waals surface area (Å²) in [5.74, 6) is 1.51. The van der Waals surface area contributed by atoms with E-state index in [4.69, 9.17) is 9.40 Å². The molecule has 0 spiro atoms. The van der Waals surface area contributed by atoms with Gasteiger partial charge in [0.1, 0.15) is 5.69 Å². The molecule has 1 aromatic heterocycles. The minimum atomic E-state index is -0.0303. The van der Waals surface area contributed by atoms with Crippen LogP contribution in [0.5, 0.6) is 0 Å². The number of hydrogen-bond acceptors (Lipinski definition) is 3. The van der Waals surface area contributed by atoms with Crippen LogP contribution in [0.15, 0.2) is 186 Å². The van der Waals surface area contributed by atoms with Crippen LogP contribution in [0.4, 0.5) is 17.1 Å². The Morgan fingerprint density at radius 1 is 0.436 bits per heavy atom. The third kappa shape index (κ3) is 4.86. The first-order valence-electron chi connectivity index (χ1n) is 19.0. The van der Waals surface area contributed by atoms with Gasteiger partial charge in [-0.1, -0.05) is 141 Å². The minimum absolute atomic E-state index is 0.0303. The van der Waals surface area contributed by atoms with Crippen molar-refractivity contribution in [1.82, 2.24) is 4.98 Å². The Bertz CT molecular complexity index is 2890. The fourth-order valence-electron chi connectivity index (χ4n) is 8.94. The van der Waals surface area contributed by atoms with Crippen molar-refractivity contribution < 1.29 is 4.42 Å². The Kier molecular flexibility index (Phi) is 6.90. The van der Waals surface area contributed by atoms with Crippen molar-refractivity contribution in [2.45, 2.75) is 19.3 Å². The van der Waals surface area contributed by atoms with Gasteiger partial charge in [0.25, 0.3) is 0 Å². The van der Waals surface area contributed by atoms with Crippen molar-refractivity contribution in [3.05, 3.63) is 193 Å². The van der Waals surface area contributed by atoms with E-state index in [2.05, 4.69) is 170 Å². The highest BCUT2D eigenvalue weighted by atomic mass is 16.4. The maximum Gasteiger partial charge on any atom is 0.227 e. The predicted octanol–water partition coefficient (Wildman–Crippen LogP) is 14.3. The molecule has 2 aliphatic carbocycles. The Balaban J connectivity index is 0.928. The van der Waals surface area contributed by atoms with Gasteiger partial charge in [0, 0.05) is 44.6 Å². The van der Waals surface area contributed by atoms with Gasteiger partial charge in [-0.2, -0.15) is 0 Å². The lowest BCUT2D eigenvalue weighted by Gasteiger charge is -2.26. The summed E-state index contributed by atoms with van der Waals surface area (Å²) >= 11 is 0. The zero-order chi connectivity index (χ0) is 36.7. The highest BCUT2D eigenvalue weighted by molar-refractivity contribution is 6.17. The van der Waals surface area contributed by atoms with Gasteiger partial charge in [-0.25, -0.2) is 4.98 Å². The van der Waals surface area contributed by atoms with Crippen molar-refractivity contribution >= 4 is 27.8 Å². The van der Waals surface area contributed by atoms with Crippen LogP contribution in [0.3, 0.4) is 0 Å². The van der Waals surface area contributed by atoms with E-state index in [0.29, 0.717) is 5.89 Å². The number of nitrogens with zero attached hydrogens (tertiary/aromatic N) is 2. The second-order valence-electron chi connectivity index (χ2n) is 15.1. The van der Waals surface area contributed by atoms with Crippen molar-refractivity contribution in [2.75, 3.05) is 4.90 Å². The monoisotopic (exact) mass is 704 g/mol. The molecule has 0 atom stereocenters. The van der Waals surface area contributed by atoms with Crippen LogP contribution in [0, 0.1) is 0 Å². The lowest BCUT2D eigenvalue weighted by atomic mass is 9.81. The molecule has 1 heterocycles. The number of fused-ring (bicyclic) bond motifs is 6. The van der Waals surface area contributed by atoms with Gasteiger partial charge in [0.15, 0.2) is 5.76 Å². The van der Waals surface area contributed by atoms with Gasteiger partial charge in [0.05, 0.1) is 0 Å². The van der Waals surface area contributed by atoms with Crippen LogP contribution in [-0.2, 0) is 5.41 Å². The molecule has 2 aliphatic rings. The third-order valence-corrected chi connectivity index (χ3v) is 11.7. The third-order valence-electron chi connectivity index (χ3n) is 11.7. The number of hydrogen-bond donors (Lipinski definition) is 0. The highest BCUT2D eigenvalue weighted by Crippen LogP contribution is 2.51. The maximum absolute atomic E-state index is 6.41. The first-order chi connectivity index (χ1) is 27.0. The second-order valence-corrected chi connectivity index (χ2v) is 15.1. The molecule has 0 amide bonds. The molecular weight excluding hydrogens is 669 g/mol. The van der Waals surface area contributed by atoms with E-state index >= 15 is 0 Å². The summed E-state index contributed by atoms with van der Waals surface area (Å²) in [5.41, 5.74) is 17.7. The van der Waals surface area contributed by atoms with Crippen molar-refractivity contribution in [3.63, 3.8) is 0 Å². The summed E-state index contributed by atoms with van der Waals surface area (Å²) in [6, 6.07) is 65.4. The SMILES string of the molecule is CC1(C)c2ccccc2-c2ccc(-c3ccc(N(c4ccccc4)c4ccc(-c5ccc6c7c(cccc57)-c5oc(-c7ccccc7)nc5-6)cc4)cc3)cc21. The van der Waals surface area contributed by atoms with Gasteiger partial charge in [-0.15, -0.1) is 0 Å². The van der Waals surface area contributed by atoms with E-state index in [1.165, 1.54) is 55.3 Å². The molecule has 11 rings (SSSR count). The van der Waals surface area contributed by atoms with Gasteiger partial charge < -0.3 is 9.32 Å². The fraction of sp³-hybridized carbons (Fsp3) is 0.0577. The van der Waals surface area contributed by atoms with Crippen LogP contribution in [0.2, 0.25) is 0 Å². The normalized spacial score (nSPS) is 13.1. The largest absolute Gasteiger partial charge is 0.435 e. The quantitative estimate of drug-likeness (QED) is 0.173. The number of anilines is 3. The summed E-state index contributed by atoms with van der Waals surface area (Å²) in [6.07, 6.45) is 0. The number of oxazole rings is 1. The first kappa shape index (κ1) is 31.5. The molecule has 0 unspecified atom stereocenters. The molecule has 0 fully saturated rings. The zero-order valence-electron chi connectivity index (χ0n) is 30.6. The Hall–Kier alpha value is -6.97. The molecule has 0 bridgehead atoms. The van der Waals surface area contributed by atoms with Crippen molar-refractivity contribution in [3.8, 4) is 67.4 Å². The lowest BCUT2D eigenvalue weighted by molar-refractivity contribution is 0.590. The molecule has 260 valence electrons. The number of para-hydroxylation sites is 1. The predicted molar refractivity (Wildman–Crippen MR) is 227 cm³/mol. The molecule has 0 radical (unpaired) electrons. The Labute approximate surface area is 320 Å². The fourth-order valence-corrected chi connectivity index (χ4v) is 8.94. The van der Waals surface area contributed by atoms with E-state index in [9.17, 15) is 0 Å². The molecule has 0 saturated carbocycles. The van der Waals surface area contributed by atoms with Crippen molar-refractivity contribution in [2.24, 2.45) is 0 Å². The minimum Gasteiger partial charge on any atom is -0.435 e. The van der Waals surface area contributed by atoms with E-state index in [0.717, 1.165) is 45.2 Å². The molecule has 3 heteroatoms. The summed E-state index contributed by atoms with van der Waals surface area (Å²) in [6.45, 7) is 4.68. The first-order valence-corrected chi connectivity index (χ1v) is 19.0. The molecule has 9 aromatic rings. The number of rotatable bonds is 6. The highest BCUT2D eigenvalue weighted by Gasteiger charge is 2.35. The van der Waals surface area contributed by atoms with Gasteiger partial charge in [0.2, 0.25) is 5.89 Å². The van der Waals surface area contributed by atoms with Gasteiger partial charge >= 0.3 is 0 Å². The maximum atomic E-state index is 6.41. The van der Waals surface area contributed by atoms with E-state index in [-0.39, 0.29) is 5.41 Å². The Morgan fingerprint density at radius 2 is 1.02 bits per heavy atom. The number of benzene rings is 8. The van der Waals surface area contributed by atoms with Gasteiger partial charge in [-0.3, -0.25) is 0 Å². The topological polar surface area (TPSA) is 29.3 Å². The van der Waals surface area contributed by atoms with E-state index in [1.54, 1.807) is 0 Å².